The van der Waals surface area contributed by atoms with Gasteiger partial charge in [-0.2, -0.15) is 0 Å². The summed E-state index contributed by atoms with van der Waals surface area (Å²) in [5, 5.41) is 2.85. The van der Waals surface area contributed by atoms with Gasteiger partial charge in [0.2, 0.25) is 5.91 Å². The van der Waals surface area contributed by atoms with Crippen LogP contribution in [0.4, 0.5) is 20.2 Å². The van der Waals surface area contributed by atoms with Gasteiger partial charge in [-0.3, -0.25) is 4.79 Å². The van der Waals surface area contributed by atoms with Crippen LogP contribution in [0.1, 0.15) is 5.56 Å². The van der Waals surface area contributed by atoms with Crippen molar-refractivity contribution in [3.05, 3.63) is 96.1 Å². The van der Waals surface area contributed by atoms with E-state index in [0.29, 0.717) is 12.2 Å². The van der Waals surface area contributed by atoms with Gasteiger partial charge in [0, 0.05) is 17.4 Å². The molecule has 0 heterocycles. The predicted molar refractivity (Wildman–Crippen MR) is 98.9 cm³/mol. The van der Waals surface area contributed by atoms with E-state index in [1.54, 1.807) is 4.90 Å². The highest BCUT2D eigenvalue weighted by Gasteiger charge is 2.16. The zero-order valence-electron chi connectivity index (χ0n) is 14.0. The van der Waals surface area contributed by atoms with E-state index in [4.69, 9.17) is 0 Å². The number of hydrogen-bond acceptors (Lipinski definition) is 2. The maximum absolute atomic E-state index is 13.3. The summed E-state index contributed by atoms with van der Waals surface area (Å²) < 4.78 is 26.3. The SMILES string of the molecule is O=C(CNc1ccc(F)c(F)c1)N(Cc1ccccc1)c1ccccc1. The number of hydrogen-bond donors (Lipinski definition) is 1. The molecule has 0 aromatic heterocycles. The van der Waals surface area contributed by atoms with Gasteiger partial charge in [0.25, 0.3) is 0 Å². The van der Waals surface area contributed by atoms with E-state index in [0.717, 1.165) is 23.4 Å². The molecule has 0 aliphatic heterocycles. The van der Waals surface area contributed by atoms with Crippen molar-refractivity contribution in [1.82, 2.24) is 0 Å². The Bertz CT molecular complexity index is 870. The maximum atomic E-state index is 13.3. The van der Waals surface area contributed by atoms with Crippen LogP contribution in [-0.2, 0) is 11.3 Å². The smallest absolute Gasteiger partial charge is 0.246 e. The summed E-state index contributed by atoms with van der Waals surface area (Å²) in [6, 6.07) is 22.5. The van der Waals surface area contributed by atoms with Crippen molar-refractivity contribution < 1.29 is 13.6 Å². The second-order valence-electron chi connectivity index (χ2n) is 5.78. The standard InChI is InChI=1S/C21H18F2N2O/c22-19-12-11-17(13-20(19)23)24-14-21(26)25(18-9-5-2-6-10-18)15-16-7-3-1-4-8-16/h1-13,24H,14-15H2. The van der Waals surface area contributed by atoms with Gasteiger partial charge in [0.05, 0.1) is 13.1 Å². The zero-order valence-corrected chi connectivity index (χ0v) is 14.0. The van der Waals surface area contributed by atoms with Crippen molar-refractivity contribution in [2.75, 3.05) is 16.8 Å². The van der Waals surface area contributed by atoms with Crippen molar-refractivity contribution in [3.63, 3.8) is 0 Å². The molecular formula is C21H18F2N2O. The van der Waals surface area contributed by atoms with Gasteiger partial charge >= 0.3 is 0 Å². The van der Waals surface area contributed by atoms with E-state index in [9.17, 15) is 13.6 Å². The fourth-order valence-corrected chi connectivity index (χ4v) is 2.58. The van der Waals surface area contributed by atoms with E-state index < -0.39 is 11.6 Å². The van der Waals surface area contributed by atoms with E-state index in [1.165, 1.54) is 6.07 Å². The molecule has 0 aliphatic rings. The van der Waals surface area contributed by atoms with Gasteiger partial charge < -0.3 is 10.2 Å². The van der Waals surface area contributed by atoms with Crippen LogP contribution in [0.15, 0.2) is 78.9 Å². The van der Waals surface area contributed by atoms with Crippen molar-refractivity contribution in [1.29, 1.82) is 0 Å². The molecule has 26 heavy (non-hydrogen) atoms. The molecule has 0 atom stereocenters. The molecule has 0 bridgehead atoms. The molecule has 3 aromatic carbocycles. The zero-order chi connectivity index (χ0) is 18.4. The topological polar surface area (TPSA) is 32.3 Å². The van der Waals surface area contributed by atoms with Crippen molar-refractivity contribution in [2.45, 2.75) is 6.54 Å². The van der Waals surface area contributed by atoms with Crippen molar-refractivity contribution in [2.24, 2.45) is 0 Å². The first-order chi connectivity index (χ1) is 12.6. The number of anilines is 2. The van der Waals surface area contributed by atoms with E-state index in [2.05, 4.69) is 5.32 Å². The van der Waals surface area contributed by atoms with Crippen LogP contribution >= 0.6 is 0 Å². The molecule has 132 valence electrons. The molecule has 0 saturated heterocycles. The molecule has 1 N–H and O–H groups in total. The van der Waals surface area contributed by atoms with Crippen molar-refractivity contribution >= 4 is 17.3 Å². The monoisotopic (exact) mass is 352 g/mol. The third-order valence-electron chi connectivity index (χ3n) is 3.92. The molecule has 3 aromatic rings. The van der Waals surface area contributed by atoms with E-state index >= 15 is 0 Å². The summed E-state index contributed by atoms with van der Waals surface area (Å²) in [7, 11) is 0. The summed E-state index contributed by atoms with van der Waals surface area (Å²) in [5.41, 5.74) is 2.12. The first kappa shape index (κ1) is 17.6. The van der Waals surface area contributed by atoms with Gasteiger partial charge in [-0.1, -0.05) is 48.5 Å². The molecule has 3 rings (SSSR count). The van der Waals surface area contributed by atoms with Crippen LogP contribution in [0.3, 0.4) is 0 Å². The summed E-state index contributed by atoms with van der Waals surface area (Å²) in [6.45, 7) is 0.385. The Morgan fingerprint density at radius 2 is 1.50 bits per heavy atom. The fraction of sp³-hybridized carbons (Fsp3) is 0.0952. The summed E-state index contributed by atoms with van der Waals surface area (Å²) in [5.74, 6) is -2.05. The Balaban J connectivity index is 1.75. The average molecular weight is 352 g/mol. The van der Waals surface area contributed by atoms with E-state index in [-0.39, 0.29) is 12.5 Å². The highest BCUT2D eigenvalue weighted by atomic mass is 19.2. The second-order valence-corrected chi connectivity index (χ2v) is 5.78. The van der Waals surface area contributed by atoms with Gasteiger partial charge in [-0.15, -0.1) is 0 Å². The fourth-order valence-electron chi connectivity index (χ4n) is 2.58. The van der Waals surface area contributed by atoms with Crippen molar-refractivity contribution in [3.8, 4) is 0 Å². The van der Waals surface area contributed by atoms with Gasteiger partial charge in [0.1, 0.15) is 0 Å². The minimum absolute atomic E-state index is 0.0349. The quantitative estimate of drug-likeness (QED) is 0.703. The number of nitrogens with zero attached hydrogens (tertiary/aromatic N) is 1. The molecule has 0 unspecified atom stereocenters. The van der Waals surface area contributed by atoms with Crippen LogP contribution in [0.5, 0.6) is 0 Å². The van der Waals surface area contributed by atoms with Gasteiger partial charge in [-0.25, -0.2) is 8.78 Å². The Kier molecular flexibility index (Phi) is 5.59. The molecule has 0 saturated carbocycles. The first-order valence-electron chi connectivity index (χ1n) is 8.22. The summed E-state index contributed by atoms with van der Waals surface area (Å²) >= 11 is 0. The molecule has 0 aliphatic carbocycles. The Labute approximate surface area is 150 Å². The number of benzene rings is 3. The molecular weight excluding hydrogens is 334 g/mol. The normalized spacial score (nSPS) is 10.4. The largest absolute Gasteiger partial charge is 0.376 e. The Morgan fingerprint density at radius 3 is 2.15 bits per heavy atom. The number of nitrogens with one attached hydrogen (secondary N) is 1. The number of rotatable bonds is 6. The molecule has 5 heteroatoms. The highest BCUT2D eigenvalue weighted by molar-refractivity contribution is 5.96. The number of amides is 1. The average Bonchev–Trinajstić information content (AvgIpc) is 2.68. The third-order valence-corrected chi connectivity index (χ3v) is 3.92. The number of carbonyl (C=O) groups excluding carboxylic acids is 1. The molecule has 0 spiro atoms. The number of para-hydroxylation sites is 1. The van der Waals surface area contributed by atoms with Crippen LogP contribution in [0.25, 0.3) is 0 Å². The number of halogens is 2. The lowest BCUT2D eigenvalue weighted by Gasteiger charge is -2.23. The van der Waals surface area contributed by atoms with Crippen LogP contribution in [0.2, 0.25) is 0 Å². The van der Waals surface area contributed by atoms with Gasteiger partial charge in [0.15, 0.2) is 11.6 Å². The molecule has 1 amide bonds. The lowest BCUT2D eigenvalue weighted by atomic mass is 10.2. The molecule has 0 fully saturated rings. The highest BCUT2D eigenvalue weighted by Crippen LogP contribution is 2.18. The second kappa shape index (κ2) is 8.25. The van der Waals surface area contributed by atoms with Crippen LogP contribution in [-0.4, -0.2) is 12.5 Å². The minimum Gasteiger partial charge on any atom is -0.376 e. The number of carbonyl (C=O) groups is 1. The van der Waals surface area contributed by atoms with Crippen LogP contribution in [0, 0.1) is 11.6 Å². The lowest BCUT2D eigenvalue weighted by molar-refractivity contribution is -0.117. The van der Waals surface area contributed by atoms with Crippen LogP contribution < -0.4 is 10.2 Å². The Hall–Kier alpha value is -3.21. The molecule has 3 nitrogen and oxygen atoms in total. The van der Waals surface area contributed by atoms with Gasteiger partial charge in [-0.05, 0) is 29.8 Å². The maximum Gasteiger partial charge on any atom is 0.246 e. The summed E-state index contributed by atoms with van der Waals surface area (Å²) in [4.78, 5) is 14.4. The lowest BCUT2D eigenvalue weighted by Crippen LogP contribution is -2.35. The predicted octanol–water partition coefficient (Wildman–Crippen LogP) is 4.61. The Morgan fingerprint density at radius 1 is 0.846 bits per heavy atom. The van der Waals surface area contributed by atoms with E-state index in [1.807, 2.05) is 60.7 Å². The summed E-state index contributed by atoms with van der Waals surface area (Å²) in [6.07, 6.45) is 0. The minimum atomic E-state index is -0.952. The molecule has 0 radical (unpaired) electrons. The third kappa shape index (κ3) is 4.45. The first-order valence-corrected chi connectivity index (χ1v) is 8.22.